The van der Waals surface area contributed by atoms with Crippen molar-refractivity contribution in [2.24, 2.45) is 0 Å². The lowest BCUT2D eigenvalue weighted by Crippen LogP contribution is -2.35. The first-order valence-electron chi connectivity index (χ1n) is 7.65. The molecule has 0 aliphatic carbocycles. The second-order valence-electron chi connectivity index (χ2n) is 5.75. The van der Waals surface area contributed by atoms with Crippen LogP contribution < -0.4 is 0 Å². The van der Waals surface area contributed by atoms with Crippen LogP contribution in [0.5, 0.6) is 0 Å². The lowest BCUT2D eigenvalue weighted by molar-refractivity contribution is 0.215. The van der Waals surface area contributed by atoms with Crippen molar-refractivity contribution in [3.8, 4) is 11.3 Å². The molecule has 1 fully saturated rings. The quantitative estimate of drug-likeness (QED) is 0.850. The van der Waals surface area contributed by atoms with E-state index < -0.39 is 9.84 Å². The molecule has 2 heterocycles. The first-order valence-corrected chi connectivity index (χ1v) is 9.47. The third-order valence-corrected chi connectivity index (χ3v) is 6.06. The Kier molecular flexibility index (Phi) is 4.36. The Hall–Kier alpha value is -1.59. The van der Waals surface area contributed by atoms with Crippen molar-refractivity contribution in [3.63, 3.8) is 0 Å². The summed E-state index contributed by atoms with van der Waals surface area (Å²) in [4.78, 5) is 2.26. The van der Waals surface area contributed by atoms with Gasteiger partial charge in [0.1, 0.15) is 5.76 Å². The highest BCUT2D eigenvalue weighted by molar-refractivity contribution is 7.91. The van der Waals surface area contributed by atoms with Crippen molar-refractivity contribution in [1.29, 1.82) is 0 Å². The van der Waals surface area contributed by atoms with Crippen LogP contribution in [0.1, 0.15) is 18.9 Å². The molecular formula is C17H21NO3S. The maximum absolute atomic E-state index is 11.7. The van der Waals surface area contributed by atoms with Gasteiger partial charge in [0, 0.05) is 18.2 Å². The molecule has 0 saturated carbocycles. The summed E-state index contributed by atoms with van der Waals surface area (Å²) in [6.07, 6.45) is 2.41. The molecule has 0 spiro atoms. The predicted molar refractivity (Wildman–Crippen MR) is 87.3 cm³/mol. The van der Waals surface area contributed by atoms with E-state index in [-0.39, 0.29) is 11.8 Å². The average molecular weight is 319 g/mol. The molecule has 0 radical (unpaired) electrons. The second-order valence-corrected chi connectivity index (χ2v) is 7.98. The molecule has 1 aliphatic heterocycles. The van der Waals surface area contributed by atoms with E-state index in [4.69, 9.17) is 4.42 Å². The third-order valence-electron chi connectivity index (χ3n) is 4.31. The summed E-state index contributed by atoms with van der Waals surface area (Å²) in [5.41, 5.74) is 2.25. The van der Waals surface area contributed by atoms with Crippen LogP contribution in [0.3, 0.4) is 0 Å². The first-order chi connectivity index (χ1) is 10.6. The Morgan fingerprint density at radius 1 is 1.23 bits per heavy atom. The van der Waals surface area contributed by atoms with E-state index in [1.54, 1.807) is 6.26 Å². The molecule has 1 aromatic heterocycles. The van der Waals surface area contributed by atoms with E-state index in [9.17, 15) is 8.42 Å². The van der Waals surface area contributed by atoms with Crippen molar-refractivity contribution in [2.45, 2.75) is 25.9 Å². The van der Waals surface area contributed by atoms with Gasteiger partial charge >= 0.3 is 0 Å². The third kappa shape index (κ3) is 3.25. The Morgan fingerprint density at radius 3 is 2.68 bits per heavy atom. The zero-order valence-corrected chi connectivity index (χ0v) is 13.6. The molecule has 1 saturated heterocycles. The van der Waals surface area contributed by atoms with Crippen molar-refractivity contribution in [2.75, 3.05) is 18.1 Å². The van der Waals surface area contributed by atoms with E-state index in [0.717, 1.165) is 30.8 Å². The van der Waals surface area contributed by atoms with Crippen LogP contribution in [-0.2, 0) is 16.4 Å². The fourth-order valence-electron chi connectivity index (χ4n) is 3.11. The monoisotopic (exact) mass is 319 g/mol. The topological polar surface area (TPSA) is 50.5 Å². The van der Waals surface area contributed by atoms with Crippen LogP contribution in [0.15, 0.2) is 47.1 Å². The lowest BCUT2D eigenvalue weighted by Gasteiger charge is -2.27. The summed E-state index contributed by atoms with van der Waals surface area (Å²) in [6.45, 7) is 3.67. The zero-order chi connectivity index (χ0) is 15.6. The van der Waals surface area contributed by atoms with Gasteiger partial charge in [0.15, 0.2) is 9.84 Å². The SMILES string of the molecule is CCN(Cc1ccccc1-c1ccco1)[C@H]1CCS(=O)(=O)C1. The summed E-state index contributed by atoms with van der Waals surface area (Å²) < 4.78 is 29.0. The van der Waals surface area contributed by atoms with Gasteiger partial charge in [-0.25, -0.2) is 8.42 Å². The summed E-state index contributed by atoms with van der Waals surface area (Å²) in [7, 11) is -2.86. The highest BCUT2D eigenvalue weighted by Gasteiger charge is 2.31. The maximum Gasteiger partial charge on any atom is 0.151 e. The van der Waals surface area contributed by atoms with Gasteiger partial charge in [0.25, 0.3) is 0 Å². The molecule has 0 N–H and O–H groups in total. The second kappa shape index (κ2) is 6.26. The summed E-state index contributed by atoms with van der Waals surface area (Å²) in [5.74, 6) is 1.45. The Bertz CT molecular complexity index is 722. The molecular weight excluding hydrogens is 298 g/mol. The molecule has 1 atom stereocenters. The fraction of sp³-hybridized carbons (Fsp3) is 0.412. The molecule has 2 aromatic rings. The number of nitrogens with zero attached hydrogens (tertiary/aromatic N) is 1. The number of furan rings is 1. The van der Waals surface area contributed by atoms with Gasteiger partial charge in [-0.3, -0.25) is 4.90 Å². The van der Waals surface area contributed by atoms with Gasteiger partial charge in [-0.2, -0.15) is 0 Å². The van der Waals surface area contributed by atoms with Crippen molar-refractivity contribution >= 4 is 9.84 Å². The molecule has 118 valence electrons. The minimum atomic E-state index is -2.86. The summed E-state index contributed by atoms with van der Waals surface area (Å²) >= 11 is 0. The van der Waals surface area contributed by atoms with Gasteiger partial charge in [-0.1, -0.05) is 31.2 Å². The number of sulfone groups is 1. The minimum Gasteiger partial charge on any atom is -0.464 e. The molecule has 0 bridgehead atoms. The Morgan fingerprint density at radius 2 is 2.05 bits per heavy atom. The number of hydrogen-bond acceptors (Lipinski definition) is 4. The molecule has 5 heteroatoms. The van der Waals surface area contributed by atoms with Crippen molar-refractivity contribution in [3.05, 3.63) is 48.2 Å². The van der Waals surface area contributed by atoms with Crippen LogP contribution in [0, 0.1) is 0 Å². The number of hydrogen-bond donors (Lipinski definition) is 0. The standard InChI is InChI=1S/C17H21NO3S/c1-2-18(15-9-11-22(19,20)13-15)12-14-6-3-4-7-16(14)17-8-5-10-21-17/h3-8,10,15H,2,9,11-13H2,1H3/t15-/m0/s1. The fourth-order valence-corrected chi connectivity index (χ4v) is 4.87. The molecule has 0 amide bonds. The summed E-state index contributed by atoms with van der Waals surface area (Å²) in [5, 5.41) is 0. The molecule has 0 unspecified atom stereocenters. The van der Waals surface area contributed by atoms with E-state index in [2.05, 4.69) is 17.9 Å². The largest absolute Gasteiger partial charge is 0.464 e. The van der Waals surface area contributed by atoms with E-state index in [1.807, 2.05) is 30.3 Å². The van der Waals surface area contributed by atoms with Gasteiger partial charge in [-0.15, -0.1) is 0 Å². The van der Waals surface area contributed by atoms with Gasteiger partial charge in [0.05, 0.1) is 17.8 Å². The average Bonchev–Trinajstić information content (AvgIpc) is 3.14. The molecule has 3 rings (SSSR count). The smallest absolute Gasteiger partial charge is 0.151 e. The van der Waals surface area contributed by atoms with Gasteiger partial charge in [-0.05, 0) is 30.7 Å². The van der Waals surface area contributed by atoms with E-state index in [0.29, 0.717) is 5.75 Å². The molecule has 1 aliphatic rings. The van der Waals surface area contributed by atoms with Gasteiger partial charge in [0.2, 0.25) is 0 Å². The normalized spacial score (nSPS) is 20.5. The molecule has 22 heavy (non-hydrogen) atoms. The van der Waals surface area contributed by atoms with Crippen LogP contribution >= 0.6 is 0 Å². The Balaban J connectivity index is 1.83. The summed E-state index contributed by atoms with van der Waals surface area (Å²) in [6, 6.07) is 12.1. The molecule has 4 nitrogen and oxygen atoms in total. The first kappa shape index (κ1) is 15.3. The van der Waals surface area contributed by atoms with Crippen LogP contribution in [0.4, 0.5) is 0 Å². The zero-order valence-electron chi connectivity index (χ0n) is 12.7. The highest BCUT2D eigenvalue weighted by atomic mass is 32.2. The lowest BCUT2D eigenvalue weighted by atomic mass is 10.0. The predicted octanol–water partition coefficient (Wildman–Crippen LogP) is 2.96. The Labute approximate surface area is 131 Å². The van der Waals surface area contributed by atoms with E-state index in [1.165, 1.54) is 5.56 Å². The van der Waals surface area contributed by atoms with Crippen LogP contribution in [0.2, 0.25) is 0 Å². The maximum atomic E-state index is 11.7. The van der Waals surface area contributed by atoms with E-state index >= 15 is 0 Å². The van der Waals surface area contributed by atoms with Crippen molar-refractivity contribution in [1.82, 2.24) is 4.90 Å². The van der Waals surface area contributed by atoms with Crippen LogP contribution in [-0.4, -0.2) is 37.4 Å². The minimum absolute atomic E-state index is 0.125. The highest BCUT2D eigenvalue weighted by Crippen LogP contribution is 2.27. The molecule has 1 aromatic carbocycles. The van der Waals surface area contributed by atoms with Crippen molar-refractivity contribution < 1.29 is 12.8 Å². The number of benzene rings is 1. The van der Waals surface area contributed by atoms with Crippen LogP contribution in [0.25, 0.3) is 11.3 Å². The number of rotatable bonds is 5. The van der Waals surface area contributed by atoms with Gasteiger partial charge < -0.3 is 4.42 Å².